The lowest BCUT2D eigenvalue weighted by Gasteiger charge is -2.18. The molecule has 31 heavy (non-hydrogen) atoms. The number of hydrogen-bond donors (Lipinski definition) is 4. The van der Waals surface area contributed by atoms with Crippen LogP contribution in [0.5, 0.6) is 5.75 Å². The Balaban J connectivity index is 1.34. The molecular formula is C20H16N4O6S. The van der Waals surface area contributed by atoms with Crippen molar-refractivity contribution in [3.8, 4) is 5.75 Å². The summed E-state index contributed by atoms with van der Waals surface area (Å²) in [5.41, 5.74) is 1.53. The second-order valence-electron chi connectivity index (χ2n) is 7.39. The summed E-state index contributed by atoms with van der Waals surface area (Å²) in [6, 6.07) is 5.17. The molecule has 2 aliphatic rings. The van der Waals surface area contributed by atoms with Crippen molar-refractivity contribution in [2.75, 3.05) is 11.9 Å². The lowest BCUT2D eigenvalue weighted by molar-refractivity contribution is -0.141. The van der Waals surface area contributed by atoms with E-state index < -0.39 is 23.4 Å². The molecule has 2 amide bonds. The summed E-state index contributed by atoms with van der Waals surface area (Å²) >= 11 is 1.25. The van der Waals surface area contributed by atoms with E-state index in [1.54, 1.807) is 18.2 Å². The van der Waals surface area contributed by atoms with Gasteiger partial charge in [0, 0.05) is 11.4 Å². The van der Waals surface area contributed by atoms with Crippen molar-refractivity contribution in [2.45, 2.75) is 19.4 Å². The summed E-state index contributed by atoms with van der Waals surface area (Å²) < 4.78 is 5.30. The standard InChI is InChI=1S/C20H16N4O6S/c25-14-7-30-12-2-1-8(3-11(12)22-14)6-21-18(27)16-23-17(26)15-10-4-9(20(28)29)5-13(10)31-19(15)24-16/h1-3,9H,4-7H2,(H,21,27)(H,22,25)(H,28,29)(H,23,24,26). The van der Waals surface area contributed by atoms with Gasteiger partial charge in [0.25, 0.3) is 17.4 Å². The number of nitrogens with zero attached hydrogens (tertiary/aromatic N) is 1. The quantitative estimate of drug-likeness (QED) is 0.473. The van der Waals surface area contributed by atoms with E-state index in [1.165, 1.54) is 11.3 Å². The van der Waals surface area contributed by atoms with Crippen molar-refractivity contribution in [1.29, 1.82) is 0 Å². The fourth-order valence-corrected chi connectivity index (χ4v) is 5.10. The van der Waals surface area contributed by atoms with E-state index in [9.17, 15) is 24.3 Å². The minimum Gasteiger partial charge on any atom is -0.482 e. The second kappa shape index (κ2) is 7.20. The van der Waals surface area contributed by atoms with Gasteiger partial charge in [-0.05, 0) is 36.1 Å². The summed E-state index contributed by atoms with van der Waals surface area (Å²) in [5.74, 6) is -1.76. The Morgan fingerprint density at radius 1 is 1.29 bits per heavy atom. The number of rotatable bonds is 4. The maximum atomic E-state index is 12.6. The molecule has 4 N–H and O–H groups in total. The minimum atomic E-state index is -0.884. The smallest absolute Gasteiger partial charge is 0.307 e. The van der Waals surface area contributed by atoms with Gasteiger partial charge in [-0.15, -0.1) is 11.3 Å². The average Bonchev–Trinajstić information content (AvgIpc) is 3.29. The van der Waals surface area contributed by atoms with Crippen LogP contribution in [0.25, 0.3) is 10.2 Å². The number of aromatic nitrogens is 2. The predicted molar refractivity (Wildman–Crippen MR) is 111 cm³/mol. The number of thiophene rings is 1. The van der Waals surface area contributed by atoms with Gasteiger partial charge in [0.15, 0.2) is 6.61 Å². The highest BCUT2D eigenvalue weighted by Gasteiger charge is 2.32. The Bertz CT molecular complexity index is 1330. The topological polar surface area (TPSA) is 150 Å². The molecule has 1 aliphatic heterocycles. The number of amides is 2. The van der Waals surface area contributed by atoms with E-state index in [1.807, 2.05) is 0 Å². The zero-order valence-electron chi connectivity index (χ0n) is 16.0. The summed E-state index contributed by atoms with van der Waals surface area (Å²) in [5, 5.41) is 15.0. The fourth-order valence-electron chi connectivity index (χ4n) is 3.82. The lowest BCUT2D eigenvalue weighted by atomic mass is 10.1. The Labute approximate surface area is 178 Å². The molecular weight excluding hydrogens is 424 g/mol. The van der Waals surface area contributed by atoms with Crippen molar-refractivity contribution in [3.05, 3.63) is 50.4 Å². The van der Waals surface area contributed by atoms with E-state index in [-0.39, 0.29) is 24.9 Å². The predicted octanol–water partition coefficient (Wildman–Crippen LogP) is 1.04. The van der Waals surface area contributed by atoms with Crippen molar-refractivity contribution < 1.29 is 24.2 Å². The molecule has 3 heterocycles. The van der Waals surface area contributed by atoms with E-state index in [2.05, 4.69) is 20.6 Å². The SMILES string of the molecule is O=C1COc2ccc(CNC(=O)c3nc4sc5c(c4c(=O)[nH]3)CC(C(=O)O)C5)cc2N1. The Hall–Kier alpha value is -3.73. The van der Waals surface area contributed by atoms with E-state index in [0.717, 1.165) is 10.4 Å². The Morgan fingerprint density at radius 3 is 2.94 bits per heavy atom. The van der Waals surface area contributed by atoms with Crippen molar-refractivity contribution >= 4 is 45.0 Å². The lowest BCUT2D eigenvalue weighted by Crippen LogP contribution is -2.28. The van der Waals surface area contributed by atoms with Crippen molar-refractivity contribution in [1.82, 2.24) is 15.3 Å². The molecule has 1 aromatic carbocycles. The summed E-state index contributed by atoms with van der Waals surface area (Å²) in [4.78, 5) is 55.9. The zero-order chi connectivity index (χ0) is 21.7. The molecule has 5 rings (SSSR count). The average molecular weight is 440 g/mol. The van der Waals surface area contributed by atoms with E-state index in [4.69, 9.17) is 4.74 Å². The van der Waals surface area contributed by atoms with Crippen LogP contribution >= 0.6 is 11.3 Å². The number of nitrogens with one attached hydrogen (secondary N) is 3. The molecule has 0 saturated heterocycles. The number of fused-ring (bicyclic) bond motifs is 4. The van der Waals surface area contributed by atoms with Gasteiger partial charge in [0.2, 0.25) is 5.82 Å². The first kappa shape index (κ1) is 19.2. The summed E-state index contributed by atoms with van der Waals surface area (Å²) in [7, 11) is 0. The fraction of sp³-hybridized carbons (Fsp3) is 0.250. The summed E-state index contributed by atoms with van der Waals surface area (Å²) in [6.45, 7) is 0.124. The second-order valence-corrected chi connectivity index (χ2v) is 8.48. The van der Waals surface area contributed by atoms with Crippen LogP contribution in [0.3, 0.4) is 0 Å². The number of ether oxygens (including phenoxy) is 1. The highest BCUT2D eigenvalue weighted by molar-refractivity contribution is 7.18. The van der Waals surface area contributed by atoms with Gasteiger partial charge in [-0.2, -0.15) is 0 Å². The van der Waals surface area contributed by atoms with Gasteiger partial charge in [-0.25, -0.2) is 4.98 Å². The molecule has 10 nitrogen and oxygen atoms in total. The van der Waals surface area contributed by atoms with Gasteiger partial charge in [-0.3, -0.25) is 19.2 Å². The van der Waals surface area contributed by atoms with Crippen LogP contribution in [0, 0.1) is 5.92 Å². The van der Waals surface area contributed by atoms with Crippen LogP contribution in [-0.2, 0) is 29.0 Å². The first-order valence-electron chi connectivity index (χ1n) is 9.50. The van der Waals surface area contributed by atoms with Crippen molar-refractivity contribution in [3.63, 3.8) is 0 Å². The molecule has 1 atom stereocenters. The molecule has 2 aromatic heterocycles. The van der Waals surface area contributed by atoms with Crippen LogP contribution in [-0.4, -0.2) is 39.5 Å². The zero-order valence-corrected chi connectivity index (χ0v) is 16.8. The maximum absolute atomic E-state index is 12.6. The van der Waals surface area contributed by atoms with Crippen molar-refractivity contribution in [2.24, 2.45) is 5.92 Å². The molecule has 1 aliphatic carbocycles. The third-order valence-electron chi connectivity index (χ3n) is 5.32. The highest BCUT2D eigenvalue weighted by atomic mass is 32.1. The normalized spacial score (nSPS) is 16.9. The third-order valence-corrected chi connectivity index (χ3v) is 6.47. The number of anilines is 1. The Morgan fingerprint density at radius 2 is 2.13 bits per heavy atom. The Kier molecular flexibility index (Phi) is 4.47. The van der Waals surface area contributed by atoms with Crippen LogP contribution in [0.15, 0.2) is 23.0 Å². The molecule has 0 saturated carbocycles. The first-order chi connectivity index (χ1) is 14.9. The van der Waals surface area contributed by atoms with Gasteiger partial charge in [0.1, 0.15) is 10.6 Å². The molecule has 0 spiro atoms. The number of carbonyl (C=O) groups is 3. The number of aromatic amines is 1. The van der Waals surface area contributed by atoms with Gasteiger partial charge < -0.3 is 25.5 Å². The summed E-state index contributed by atoms with van der Waals surface area (Å²) in [6.07, 6.45) is 0.658. The molecule has 11 heteroatoms. The minimum absolute atomic E-state index is 0.0340. The number of H-pyrrole nitrogens is 1. The van der Waals surface area contributed by atoms with E-state index in [0.29, 0.717) is 40.1 Å². The number of hydrogen-bond acceptors (Lipinski definition) is 7. The monoisotopic (exact) mass is 440 g/mol. The number of aliphatic carboxylic acids is 1. The number of carbonyl (C=O) groups excluding carboxylic acids is 2. The van der Waals surface area contributed by atoms with E-state index >= 15 is 0 Å². The first-order valence-corrected chi connectivity index (χ1v) is 10.3. The van der Waals surface area contributed by atoms with Gasteiger partial charge in [-0.1, -0.05) is 6.07 Å². The number of benzene rings is 1. The third kappa shape index (κ3) is 3.42. The molecule has 1 unspecified atom stereocenters. The van der Waals surface area contributed by atoms with Crippen LogP contribution in [0.1, 0.15) is 26.6 Å². The van der Waals surface area contributed by atoms with Crippen LogP contribution in [0.2, 0.25) is 0 Å². The molecule has 158 valence electrons. The highest BCUT2D eigenvalue weighted by Crippen LogP contribution is 2.37. The molecule has 3 aromatic rings. The maximum Gasteiger partial charge on any atom is 0.307 e. The largest absolute Gasteiger partial charge is 0.482 e. The van der Waals surface area contributed by atoms with Gasteiger partial charge in [0.05, 0.1) is 17.0 Å². The number of carboxylic acid groups (broad SMARTS) is 1. The van der Waals surface area contributed by atoms with Crippen LogP contribution in [0.4, 0.5) is 5.69 Å². The molecule has 0 fully saturated rings. The number of carboxylic acids is 1. The van der Waals surface area contributed by atoms with Gasteiger partial charge >= 0.3 is 5.97 Å². The van der Waals surface area contributed by atoms with Crippen LogP contribution < -0.4 is 20.9 Å². The molecule has 0 radical (unpaired) electrons. The molecule has 0 bridgehead atoms.